The van der Waals surface area contributed by atoms with Crippen molar-refractivity contribution in [1.29, 1.82) is 0 Å². The number of benzene rings is 2. The maximum Gasteiger partial charge on any atom is 0.291 e. The van der Waals surface area contributed by atoms with E-state index >= 15 is 0 Å². The van der Waals surface area contributed by atoms with E-state index in [1.54, 1.807) is 12.1 Å². The topological polar surface area (TPSA) is 47.3 Å². The molecule has 0 saturated carbocycles. The van der Waals surface area contributed by atoms with Crippen molar-refractivity contribution in [3.63, 3.8) is 0 Å². The minimum absolute atomic E-state index is 0.164. The molecule has 0 aliphatic heterocycles. The first kappa shape index (κ1) is 16.7. The molecule has 0 saturated heterocycles. The molecule has 0 fully saturated rings. The van der Waals surface area contributed by atoms with Gasteiger partial charge in [-0.1, -0.05) is 71.0 Å². The molecule has 2 aromatic carbocycles. The molecule has 0 amide bonds. The molecule has 26 heavy (non-hydrogen) atoms. The molecule has 2 heterocycles. The van der Waals surface area contributed by atoms with Crippen molar-refractivity contribution in [3.8, 4) is 0 Å². The Balaban J connectivity index is 1.66. The van der Waals surface area contributed by atoms with Crippen LogP contribution in [0.15, 0.2) is 53.3 Å². The van der Waals surface area contributed by atoms with Crippen LogP contribution in [0.1, 0.15) is 22.5 Å². The standard InChI is InChI=1S/C20H14ClN3OS/c1-13-2-4-14(5-3-13)8-11-18-22-20-24(23-18)19(25)17(26-20)12-15-6-9-16(21)10-7-15/h2-12H,1H3/b11-8+,17-12+. The first-order valence-electron chi connectivity index (χ1n) is 8.00. The summed E-state index contributed by atoms with van der Waals surface area (Å²) in [5.74, 6) is 0.520. The second-order valence-corrected chi connectivity index (χ2v) is 7.32. The number of hydrogen-bond donors (Lipinski definition) is 0. The molecule has 0 bridgehead atoms. The van der Waals surface area contributed by atoms with Crippen LogP contribution in [0, 0.1) is 6.92 Å². The van der Waals surface area contributed by atoms with Gasteiger partial charge in [-0.15, -0.1) is 5.10 Å². The molecule has 4 aromatic rings. The minimum Gasteiger partial charge on any atom is -0.266 e. The molecule has 0 radical (unpaired) electrons. The van der Waals surface area contributed by atoms with E-state index in [2.05, 4.69) is 10.1 Å². The maximum atomic E-state index is 12.5. The summed E-state index contributed by atoms with van der Waals surface area (Å²) in [6, 6.07) is 15.5. The number of thiazole rings is 1. The van der Waals surface area contributed by atoms with Crippen LogP contribution >= 0.6 is 22.9 Å². The van der Waals surface area contributed by atoms with Gasteiger partial charge in [0.25, 0.3) is 5.56 Å². The van der Waals surface area contributed by atoms with Gasteiger partial charge < -0.3 is 0 Å². The molecule has 6 heteroatoms. The van der Waals surface area contributed by atoms with Crippen LogP contribution in [-0.2, 0) is 0 Å². The Hall–Kier alpha value is -2.76. The highest BCUT2D eigenvalue weighted by Gasteiger charge is 2.08. The van der Waals surface area contributed by atoms with Crippen LogP contribution in [0.5, 0.6) is 0 Å². The summed E-state index contributed by atoms with van der Waals surface area (Å²) >= 11 is 7.21. The molecule has 0 unspecified atom stereocenters. The highest BCUT2D eigenvalue weighted by atomic mass is 35.5. The van der Waals surface area contributed by atoms with Gasteiger partial charge in [0.1, 0.15) is 0 Å². The van der Waals surface area contributed by atoms with Gasteiger partial charge in [-0.2, -0.15) is 9.50 Å². The molecule has 4 rings (SSSR count). The molecule has 2 aromatic heterocycles. The summed E-state index contributed by atoms with van der Waals surface area (Å²) in [6.07, 6.45) is 5.57. The van der Waals surface area contributed by atoms with Gasteiger partial charge in [0.15, 0.2) is 5.82 Å². The third-order valence-electron chi connectivity index (χ3n) is 3.87. The van der Waals surface area contributed by atoms with Crippen molar-refractivity contribution >= 4 is 46.1 Å². The van der Waals surface area contributed by atoms with Crippen molar-refractivity contribution in [2.75, 3.05) is 0 Å². The lowest BCUT2D eigenvalue weighted by atomic mass is 10.1. The number of fused-ring (bicyclic) bond motifs is 1. The second-order valence-electron chi connectivity index (χ2n) is 5.88. The SMILES string of the molecule is Cc1ccc(/C=C/c2nc3s/c(=C/c4ccc(Cl)cc4)c(=O)n3n2)cc1. The molecule has 4 nitrogen and oxygen atoms in total. The van der Waals surface area contributed by atoms with Gasteiger partial charge in [0.05, 0.1) is 4.53 Å². The van der Waals surface area contributed by atoms with Crippen molar-refractivity contribution in [2.24, 2.45) is 0 Å². The fourth-order valence-electron chi connectivity index (χ4n) is 2.48. The predicted molar refractivity (Wildman–Crippen MR) is 107 cm³/mol. The van der Waals surface area contributed by atoms with Gasteiger partial charge in [0, 0.05) is 5.02 Å². The summed E-state index contributed by atoms with van der Waals surface area (Å²) < 4.78 is 1.94. The summed E-state index contributed by atoms with van der Waals surface area (Å²) in [6.45, 7) is 2.05. The van der Waals surface area contributed by atoms with Gasteiger partial charge >= 0.3 is 0 Å². The molecular weight excluding hydrogens is 366 g/mol. The quantitative estimate of drug-likeness (QED) is 0.543. The van der Waals surface area contributed by atoms with Crippen LogP contribution < -0.4 is 10.1 Å². The Labute approximate surface area is 158 Å². The number of halogens is 1. The molecular formula is C20H14ClN3OS. The Bertz CT molecular complexity index is 1210. The van der Waals surface area contributed by atoms with Crippen LogP contribution in [0.2, 0.25) is 5.02 Å². The minimum atomic E-state index is -0.164. The zero-order chi connectivity index (χ0) is 18.1. The van der Waals surface area contributed by atoms with E-state index in [0.717, 1.165) is 11.1 Å². The zero-order valence-corrected chi connectivity index (χ0v) is 15.5. The number of rotatable bonds is 3. The predicted octanol–water partition coefficient (Wildman–Crippen LogP) is 3.83. The average molecular weight is 380 g/mol. The van der Waals surface area contributed by atoms with Crippen molar-refractivity contribution in [1.82, 2.24) is 14.6 Å². The normalized spacial score (nSPS) is 12.5. The van der Waals surface area contributed by atoms with Crippen LogP contribution in [-0.4, -0.2) is 14.6 Å². The third kappa shape index (κ3) is 3.45. The smallest absolute Gasteiger partial charge is 0.266 e. The Morgan fingerprint density at radius 3 is 2.38 bits per heavy atom. The first-order valence-corrected chi connectivity index (χ1v) is 9.19. The largest absolute Gasteiger partial charge is 0.291 e. The highest BCUT2D eigenvalue weighted by molar-refractivity contribution is 7.15. The molecule has 0 atom stereocenters. The fourth-order valence-corrected chi connectivity index (χ4v) is 3.52. The van der Waals surface area contributed by atoms with Crippen LogP contribution in [0.25, 0.3) is 23.2 Å². The van der Waals surface area contributed by atoms with E-state index in [1.165, 1.54) is 21.4 Å². The highest BCUT2D eigenvalue weighted by Crippen LogP contribution is 2.11. The molecule has 0 aliphatic carbocycles. The van der Waals surface area contributed by atoms with Crippen LogP contribution in [0.4, 0.5) is 0 Å². The van der Waals surface area contributed by atoms with Crippen LogP contribution in [0.3, 0.4) is 0 Å². The zero-order valence-electron chi connectivity index (χ0n) is 13.9. The molecule has 0 spiro atoms. The number of nitrogens with zero attached hydrogens (tertiary/aromatic N) is 3. The number of hydrogen-bond acceptors (Lipinski definition) is 4. The van der Waals surface area contributed by atoms with Gasteiger partial charge in [-0.3, -0.25) is 4.79 Å². The van der Waals surface area contributed by atoms with Gasteiger partial charge in [-0.25, -0.2) is 0 Å². The molecule has 128 valence electrons. The number of aryl methyl sites for hydroxylation is 1. The van der Waals surface area contributed by atoms with Crippen molar-refractivity contribution < 1.29 is 0 Å². The van der Waals surface area contributed by atoms with E-state index in [1.807, 2.05) is 61.5 Å². The lowest BCUT2D eigenvalue weighted by Crippen LogP contribution is -2.23. The Morgan fingerprint density at radius 1 is 1.00 bits per heavy atom. The van der Waals surface area contributed by atoms with E-state index in [4.69, 9.17) is 11.6 Å². The van der Waals surface area contributed by atoms with Gasteiger partial charge in [0.2, 0.25) is 4.96 Å². The van der Waals surface area contributed by atoms with E-state index in [0.29, 0.717) is 20.3 Å². The lowest BCUT2D eigenvalue weighted by molar-refractivity contribution is 0.925. The van der Waals surface area contributed by atoms with E-state index < -0.39 is 0 Å². The average Bonchev–Trinajstić information content (AvgIpc) is 3.16. The monoisotopic (exact) mass is 379 g/mol. The maximum absolute atomic E-state index is 12.5. The fraction of sp³-hybridized carbons (Fsp3) is 0.0500. The second kappa shape index (κ2) is 6.86. The van der Waals surface area contributed by atoms with E-state index in [9.17, 15) is 4.79 Å². The summed E-state index contributed by atoms with van der Waals surface area (Å²) in [4.78, 5) is 17.5. The third-order valence-corrected chi connectivity index (χ3v) is 5.08. The van der Waals surface area contributed by atoms with Crippen molar-refractivity contribution in [2.45, 2.75) is 6.92 Å². The van der Waals surface area contributed by atoms with Gasteiger partial charge in [-0.05, 0) is 42.3 Å². The number of aromatic nitrogens is 3. The summed E-state index contributed by atoms with van der Waals surface area (Å²) in [5.41, 5.74) is 3.02. The Morgan fingerprint density at radius 2 is 1.69 bits per heavy atom. The summed E-state index contributed by atoms with van der Waals surface area (Å²) in [5, 5.41) is 4.96. The summed E-state index contributed by atoms with van der Waals surface area (Å²) in [7, 11) is 0. The van der Waals surface area contributed by atoms with Crippen molar-refractivity contribution in [3.05, 3.63) is 91.0 Å². The first-order chi connectivity index (χ1) is 12.6. The lowest BCUT2D eigenvalue weighted by Gasteiger charge is -1.93. The van der Waals surface area contributed by atoms with E-state index in [-0.39, 0.29) is 5.56 Å². The Kier molecular flexibility index (Phi) is 4.41. The molecule has 0 N–H and O–H groups in total. The molecule has 0 aliphatic rings.